The van der Waals surface area contributed by atoms with Crippen LogP contribution >= 0.6 is 15.9 Å². The van der Waals surface area contributed by atoms with E-state index < -0.39 is 5.60 Å². The van der Waals surface area contributed by atoms with E-state index >= 15 is 0 Å². The lowest BCUT2D eigenvalue weighted by Crippen LogP contribution is -2.13. The van der Waals surface area contributed by atoms with Crippen molar-refractivity contribution in [2.45, 2.75) is 24.9 Å². The summed E-state index contributed by atoms with van der Waals surface area (Å²) in [6, 6.07) is 6.27. The summed E-state index contributed by atoms with van der Waals surface area (Å²) in [4.78, 5) is 2.07. The number of aliphatic hydroxyl groups is 1. The first kappa shape index (κ1) is 11.0. The molecule has 1 fully saturated rings. The maximum Gasteiger partial charge on any atom is 0.0690 e. The van der Waals surface area contributed by atoms with Gasteiger partial charge in [-0.15, -0.1) is 0 Å². The summed E-state index contributed by atoms with van der Waals surface area (Å²) in [7, 11) is 4.05. The van der Waals surface area contributed by atoms with Crippen LogP contribution in [0.5, 0.6) is 0 Å². The quantitative estimate of drug-likeness (QED) is 0.912. The third kappa shape index (κ3) is 2.52. The summed E-state index contributed by atoms with van der Waals surface area (Å²) in [5.74, 6) is 0. The van der Waals surface area contributed by atoms with E-state index in [9.17, 15) is 5.11 Å². The molecule has 0 radical (unpaired) electrons. The van der Waals surface area contributed by atoms with Gasteiger partial charge < -0.3 is 10.0 Å². The van der Waals surface area contributed by atoms with Gasteiger partial charge in [0.15, 0.2) is 0 Å². The van der Waals surface area contributed by atoms with E-state index in [4.69, 9.17) is 0 Å². The molecular weight excluding hydrogens is 254 g/mol. The molecule has 0 spiro atoms. The fourth-order valence-corrected chi connectivity index (χ4v) is 2.31. The van der Waals surface area contributed by atoms with E-state index in [0.29, 0.717) is 0 Å². The van der Waals surface area contributed by atoms with Gasteiger partial charge in [0.25, 0.3) is 0 Å². The Kier molecular flexibility index (Phi) is 2.77. The van der Waals surface area contributed by atoms with Gasteiger partial charge >= 0.3 is 0 Å². The molecule has 0 heterocycles. The van der Waals surface area contributed by atoms with E-state index in [1.54, 1.807) is 0 Å². The number of nitrogens with zero attached hydrogens (tertiary/aromatic N) is 1. The molecule has 1 N–H and O–H groups in total. The molecule has 0 aliphatic heterocycles. The van der Waals surface area contributed by atoms with Gasteiger partial charge in [-0.25, -0.2) is 0 Å². The maximum atomic E-state index is 9.86. The molecule has 0 bridgehead atoms. The number of rotatable bonds is 3. The fourth-order valence-electron chi connectivity index (χ4n) is 1.71. The van der Waals surface area contributed by atoms with Gasteiger partial charge in [0.05, 0.1) is 11.3 Å². The van der Waals surface area contributed by atoms with Gasteiger partial charge in [-0.2, -0.15) is 0 Å². The Morgan fingerprint density at radius 2 is 2.07 bits per heavy atom. The summed E-state index contributed by atoms with van der Waals surface area (Å²) in [6.45, 7) is 0. The van der Waals surface area contributed by atoms with Crippen molar-refractivity contribution in [2.24, 2.45) is 0 Å². The van der Waals surface area contributed by atoms with Crippen molar-refractivity contribution >= 4 is 21.6 Å². The minimum atomic E-state index is -0.405. The third-order valence-corrected chi connectivity index (χ3v) is 3.52. The van der Waals surface area contributed by atoms with Crippen molar-refractivity contribution in [3.8, 4) is 0 Å². The van der Waals surface area contributed by atoms with E-state index in [-0.39, 0.29) is 0 Å². The number of anilines is 1. The summed E-state index contributed by atoms with van der Waals surface area (Å²) < 4.78 is 1.10. The van der Waals surface area contributed by atoms with Crippen LogP contribution in [-0.2, 0) is 6.42 Å². The Morgan fingerprint density at radius 1 is 1.40 bits per heavy atom. The largest absolute Gasteiger partial charge is 0.390 e. The molecule has 1 aliphatic rings. The molecule has 15 heavy (non-hydrogen) atoms. The number of hydrogen-bond acceptors (Lipinski definition) is 2. The number of halogens is 1. The Morgan fingerprint density at radius 3 is 2.60 bits per heavy atom. The molecule has 1 aliphatic carbocycles. The second-order valence-electron chi connectivity index (χ2n) is 4.58. The van der Waals surface area contributed by atoms with Crippen LogP contribution in [0.1, 0.15) is 18.4 Å². The zero-order valence-electron chi connectivity index (χ0n) is 9.13. The molecule has 0 amide bonds. The monoisotopic (exact) mass is 269 g/mol. The normalized spacial score (nSPS) is 17.6. The molecule has 0 saturated heterocycles. The van der Waals surface area contributed by atoms with Crippen molar-refractivity contribution in [3.63, 3.8) is 0 Å². The van der Waals surface area contributed by atoms with Crippen LogP contribution in [0.15, 0.2) is 22.7 Å². The van der Waals surface area contributed by atoms with Crippen LogP contribution in [0, 0.1) is 0 Å². The van der Waals surface area contributed by atoms with Crippen LogP contribution in [0.3, 0.4) is 0 Å². The SMILES string of the molecule is CN(C)c1cc(CC2(O)CC2)ccc1Br. The summed E-state index contributed by atoms with van der Waals surface area (Å²) >= 11 is 3.52. The molecular formula is C12H16BrNO. The molecule has 1 saturated carbocycles. The summed E-state index contributed by atoms with van der Waals surface area (Å²) in [6.07, 6.45) is 2.67. The lowest BCUT2D eigenvalue weighted by Gasteiger charge is -2.17. The Hall–Kier alpha value is -0.540. The number of hydrogen-bond donors (Lipinski definition) is 1. The van der Waals surface area contributed by atoms with Crippen LogP contribution in [0.2, 0.25) is 0 Å². The van der Waals surface area contributed by atoms with Gasteiger partial charge in [-0.1, -0.05) is 6.07 Å². The molecule has 0 aromatic heterocycles. The Balaban J connectivity index is 2.22. The maximum absolute atomic E-state index is 9.86. The van der Waals surface area contributed by atoms with E-state index in [2.05, 4.69) is 39.0 Å². The van der Waals surface area contributed by atoms with Crippen molar-refractivity contribution in [1.82, 2.24) is 0 Å². The summed E-state index contributed by atoms with van der Waals surface area (Å²) in [5, 5.41) is 9.86. The molecule has 3 heteroatoms. The first-order chi connectivity index (χ1) is 7.00. The highest BCUT2D eigenvalue weighted by Crippen LogP contribution is 2.39. The minimum Gasteiger partial charge on any atom is -0.390 e. The standard InChI is InChI=1S/C12H16BrNO/c1-14(2)11-7-9(3-4-10(11)13)8-12(15)5-6-12/h3-4,7,15H,5-6,8H2,1-2H3. The molecule has 1 aromatic rings. The van der Waals surface area contributed by atoms with E-state index in [1.165, 1.54) is 5.56 Å². The molecule has 0 unspecified atom stereocenters. The van der Waals surface area contributed by atoms with Crippen LogP contribution in [0.4, 0.5) is 5.69 Å². The highest BCUT2D eigenvalue weighted by molar-refractivity contribution is 9.10. The van der Waals surface area contributed by atoms with Crippen molar-refractivity contribution in [3.05, 3.63) is 28.2 Å². The highest BCUT2D eigenvalue weighted by Gasteiger charge is 2.40. The lowest BCUT2D eigenvalue weighted by molar-refractivity contribution is 0.151. The minimum absolute atomic E-state index is 0.405. The van der Waals surface area contributed by atoms with E-state index in [0.717, 1.165) is 29.4 Å². The third-order valence-electron chi connectivity index (χ3n) is 2.85. The van der Waals surface area contributed by atoms with Gasteiger partial charge in [-0.05, 0) is 46.5 Å². The van der Waals surface area contributed by atoms with Crippen molar-refractivity contribution in [1.29, 1.82) is 0 Å². The predicted molar refractivity (Wildman–Crippen MR) is 66.4 cm³/mol. The van der Waals surface area contributed by atoms with Gasteiger partial charge in [-0.3, -0.25) is 0 Å². The van der Waals surface area contributed by atoms with Crippen LogP contribution in [-0.4, -0.2) is 24.8 Å². The average Bonchev–Trinajstić information content (AvgIpc) is 2.87. The molecule has 2 rings (SSSR count). The van der Waals surface area contributed by atoms with Gasteiger partial charge in [0.2, 0.25) is 0 Å². The second-order valence-corrected chi connectivity index (χ2v) is 5.44. The Labute approximate surface area is 99.0 Å². The molecule has 2 nitrogen and oxygen atoms in total. The van der Waals surface area contributed by atoms with Crippen LogP contribution in [0.25, 0.3) is 0 Å². The topological polar surface area (TPSA) is 23.5 Å². The zero-order chi connectivity index (χ0) is 11.1. The molecule has 1 aromatic carbocycles. The summed E-state index contributed by atoms with van der Waals surface area (Å²) in [5.41, 5.74) is 1.97. The molecule has 82 valence electrons. The van der Waals surface area contributed by atoms with Crippen molar-refractivity contribution < 1.29 is 5.11 Å². The highest BCUT2D eigenvalue weighted by atomic mass is 79.9. The smallest absolute Gasteiger partial charge is 0.0690 e. The number of benzene rings is 1. The van der Waals surface area contributed by atoms with Gasteiger partial charge in [0.1, 0.15) is 0 Å². The Bertz CT molecular complexity index is 372. The van der Waals surface area contributed by atoms with Gasteiger partial charge in [0, 0.05) is 25.0 Å². The fraction of sp³-hybridized carbons (Fsp3) is 0.500. The predicted octanol–water partition coefficient (Wildman–Crippen LogP) is 2.58. The first-order valence-corrected chi connectivity index (χ1v) is 5.98. The van der Waals surface area contributed by atoms with Crippen LogP contribution < -0.4 is 4.90 Å². The molecule has 0 atom stereocenters. The zero-order valence-corrected chi connectivity index (χ0v) is 10.7. The van der Waals surface area contributed by atoms with Crippen molar-refractivity contribution in [2.75, 3.05) is 19.0 Å². The second kappa shape index (κ2) is 3.80. The lowest BCUT2D eigenvalue weighted by atomic mass is 10.1. The van der Waals surface area contributed by atoms with E-state index in [1.807, 2.05) is 14.1 Å². The first-order valence-electron chi connectivity index (χ1n) is 5.18. The average molecular weight is 270 g/mol.